The van der Waals surface area contributed by atoms with E-state index in [1.165, 1.54) is 0 Å². The Hall–Kier alpha value is -2.26. The van der Waals surface area contributed by atoms with Gasteiger partial charge in [-0.05, 0) is 31.5 Å². The minimum Gasteiger partial charge on any atom is -0.497 e. The average Bonchev–Trinajstić information content (AvgIpc) is 2.64. The van der Waals surface area contributed by atoms with Crippen molar-refractivity contribution >= 4 is 6.03 Å². The third-order valence-corrected chi connectivity index (χ3v) is 4.52. The van der Waals surface area contributed by atoms with Crippen LogP contribution < -0.4 is 4.74 Å². The fraction of sp³-hybridized carbons (Fsp3) is 0.556. The third-order valence-electron chi connectivity index (χ3n) is 4.52. The molecule has 130 valence electrons. The minimum absolute atomic E-state index is 0.0922. The molecule has 0 saturated carbocycles. The van der Waals surface area contributed by atoms with Crippen LogP contribution in [-0.4, -0.2) is 67.1 Å². The molecule has 0 aliphatic carbocycles. The Morgan fingerprint density at radius 2 is 1.96 bits per heavy atom. The molecule has 1 aliphatic rings. The zero-order valence-electron chi connectivity index (χ0n) is 14.7. The lowest BCUT2D eigenvalue weighted by Crippen LogP contribution is -2.53. The van der Waals surface area contributed by atoms with Gasteiger partial charge in [0.05, 0.1) is 13.2 Å². The molecular weight excluding hydrogens is 304 g/mol. The zero-order chi connectivity index (χ0) is 17.5. The van der Waals surface area contributed by atoms with Crippen molar-refractivity contribution in [3.63, 3.8) is 0 Å². The summed E-state index contributed by atoms with van der Waals surface area (Å²) in [7, 11) is 1.62. The molecule has 1 heterocycles. The molecule has 1 aromatic rings. The summed E-state index contributed by atoms with van der Waals surface area (Å²) in [5.74, 6) is 0.753. The number of hydrogen-bond donors (Lipinski definition) is 0. The number of carbonyl (C=O) groups excluding carboxylic acids is 1. The van der Waals surface area contributed by atoms with Crippen molar-refractivity contribution in [3.05, 3.63) is 29.8 Å². The van der Waals surface area contributed by atoms with Crippen molar-refractivity contribution in [1.29, 1.82) is 5.26 Å². The van der Waals surface area contributed by atoms with Gasteiger partial charge in [-0.1, -0.05) is 12.1 Å². The number of benzene rings is 1. The van der Waals surface area contributed by atoms with E-state index in [1.54, 1.807) is 7.11 Å². The second-order valence-corrected chi connectivity index (χ2v) is 5.79. The van der Waals surface area contributed by atoms with Crippen LogP contribution in [0.15, 0.2) is 24.3 Å². The van der Waals surface area contributed by atoms with Gasteiger partial charge in [0.15, 0.2) is 0 Å². The van der Waals surface area contributed by atoms with Crippen molar-refractivity contribution in [2.24, 2.45) is 0 Å². The molecule has 6 nitrogen and oxygen atoms in total. The molecule has 0 N–H and O–H groups in total. The molecule has 2 amide bonds. The summed E-state index contributed by atoms with van der Waals surface area (Å²) in [5.41, 5.74) is 0.931. The standard InChI is InChI=1S/C18H26N4O2/c1-4-20(5-2)18(23)22-11-9-21(10-12-22)17(14-19)15-7-6-8-16(13-15)24-3/h6-8,13,17H,4-5,9-12H2,1-3H3. The molecule has 1 unspecified atom stereocenters. The predicted molar refractivity (Wildman–Crippen MR) is 92.8 cm³/mol. The van der Waals surface area contributed by atoms with Crippen LogP contribution in [0.3, 0.4) is 0 Å². The number of ether oxygens (including phenoxy) is 1. The van der Waals surface area contributed by atoms with Crippen LogP contribution in [-0.2, 0) is 0 Å². The molecule has 6 heteroatoms. The summed E-state index contributed by atoms with van der Waals surface area (Å²) in [6.45, 7) is 8.12. The van der Waals surface area contributed by atoms with E-state index in [0.29, 0.717) is 26.2 Å². The van der Waals surface area contributed by atoms with Gasteiger partial charge in [-0.25, -0.2) is 4.79 Å². The van der Waals surface area contributed by atoms with Crippen molar-refractivity contribution < 1.29 is 9.53 Å². The molecule has 1 saturated heterocycles. The highest BCUT2D eigenvalue weighted by Gasteiger charge is 2.28. The highest BCUT2D eigenvalue weighted by atomic mass is 16.5. The average molecular weight is 330 g/mol. The Morgan fingerprint density at radius 3 is 2.50 bits per heavy atom. The summed E-state index contributed by atoms with van der Waals surface area (Å²) in [4.78, 5) is 18.2. The Morgan fingerprint density at radius 1 is 1.29 bits per heavy atom. The first-order valence-electron chi connectivity index (χ1n) is 8.46. The van der Waals surface area contributed by atoms with Crippen molar-refractivity contribution in [2.75, 3.05) is 46.4 Å². The van der Waals surface area contributed by atoms with Crippen LogP contribution >= 0.6 is 0 Å². The highest BCUT2D eigenvalue weighted by Crippen LogP contribution is 2.25. The first-order valence-corrected chi connectivity index (χ1v) is 8.46. The lowest BCUT2D eigenvalue weighted by atomic mass is 10.1. The van der Waals surface area contributed by atoms with Gasteiger partial charge in [0, 0.05) is 39.3 Å². The van der Waals surface area contributed by atoms with Gasteiger partial charge in [0.25, 0.3) is 0 Å². The SMILES string of the molecule is CCN(CC)C(=O)N1CCN(C(C#N)c2cccc(OC)c2)CC1. The molecule has 0 bridgehead atoms. The molecular formula is C18H26N4O2. The van der Waals surface area contributed by atoms with Crippen LogP contribution in [0.1, 0.15) is 25.5 Å². The van der Waals surface area contributed by atoms with Gasteiger partial charge in [-0.3, -0.25) is 4.90 Å². The predicted octanol–water partition coefficient (Wildman–Crippen LogP) is 2.34. The maximum Gasteiger partial charge on any atom is 0.320 e. The quantitative estimate of drug-likeness (QED) is 0.831. The van der Waals surface area contributed by atoms with Crippen LogP contribution in [0, 0.1) is 11.3 Å². The number of amides is 2. The smallest absolute Gasteiger partial charge is 0.320 e. The third kappa shape index (κ3) is 3.98. The molecule has 1 aromatic carbocycles. The van der Waals surface area contributed by atoms with E-state index in [2.05, 4.69) is 11.0 Å². The van der Waals surface area contributed by atoms with E-state index >= 15 is 0 Å². The Kier molecular flexibility index (Phi) is 6.44. The van der Waals surface area contributed by atoms with Gasteiger partial charge in [-0.15, -0.1) is 0 Å². The fourth-order valence-electron chi connectivity index (χ4n) is 3.04. The first-order chi connectivity index (χ1) is 11.6. The molecule has 1 aliphatic heterocycles. The number of hydrogen-bond acceptors (Lipinski definition) is 4. The second-order valence-electron chi connectivity index (χ2n) is 5.79. The fourth-order valence-corrected chi connectivity index (χ4v) is 3.04. The van der Waals surface area contributed by atoms with E-state index in [1.807, 2.05) is 47.9 Å². The number of rotatable bonds is 5. The number of nitriles is 1. The topological polar surface area (TPSA) is 59.8 Å². The molecule has 1 fully saturated rings. The molecule has 1 atom stereocenters. The number of methoxy groups -OCH3 is 1. The van der Waals surface area contributed by atoms with Gasteiger partial charge < -0.3 is 14.5 Å². The normalized spacial score (nSPS) is 16.3. The molecule has 0 radical (unpaired) electrons. The van der Waals surface area contributed by atoms with Gasteiger partial charge in [0.2, 0.25) is 0 Å². The molecule has 0 aromatic heterocycles. The zero-order valence-corrected chi connectivity index (χ0v) is 14.7. The van der Waals surface area contributed by atoms with E-state index in [0.717, 1.165) is 24.4 Å². The number of carbonyl (C=O) groups is 1. The van der Waals surface area contributed by atoms with E-state index < -0.39 is 0 Å². The van der Waals surface area contributed by atoms with E-state index in [4.69, 9.17) is 4.74 Å². The summed E-state index contributed by atoms with van der Waals surface area (Å²) >= 11 is 0. The Labute approximate surface area is 144 Å². The maximum atomic E-state index is 12.4. The second kappa shape index (κ2) is 8.55. The largest absolute Gasteiger partial charge is 0.497 e. The van der Waals surface area contributed by atoms with E-state index in [9.17, 15) is 10.1 Å². The summed E-state index contributed by atoms with van der Waals surface area (Å²) in [5, 5.41) is 9.61. The van der Waals surface area contributed by atoms with Crippen LogP contribution in [0.5, 0.6) is 5.75 Å². The Bertz CT molecular complexity index is 587. The Balaban J connectivity index is 2.02. The highest BCUT2D eigenvalue weighted by molar-refractivity contribution is 5.74. The van der Waals surface area contributed by atoms with Crippen molar-refractivity contribution in [2.45, 2.75) is 19.9 Å². The molecule has 24 heavy (non-hydrogen) atoms. The van der Waals surface area contributed by atoms with Gasteiger partial charge in [-0.2, -0.15) is 5.26 Å². The molecule has 0 spiro atoms. The summed E-state index contributed by atoms with van der Waals surface area (Å²) in [6.07, 6.45) is 0. The lowest BCUT2D eigenvalue weighted by molar-refractivity contribution is 0.104. The van der Waals surface area contributed by atoms with Crippen LogP contribution in [0.25, 0.3) is 0 Å². The van der Waals surface area contributed by atoms with Gasteiger partial charge in [0.1, 0.15) is 11.8 Å². The number of urea groups is 1. The van der Waals surface area contributed by atoms with Crippen LogP contribution in [0.2, 0.25) is 0 Å². The van der Waals surface area contributed by atoms with E-state index in [-0.39, 0.29) is 12.1 Å². The molecule has 2 rings (SSSR count). The van der Waals surface area contributed by atoms with Crippen molar-refractivity contribution in [1.82, 2.24) is 14.7 Å². The maximum absolute atomic E-state index is 12.4. The first kappa shape index (κ1) is 18.1. The number of nitrogens with zero attached hydrogens (tertiary/aromatic N) is 4. The van der Waals surface area contributed by atoms with Crippen LogP contribution in [0.4, 0.5) is 4.79 Å². The monoisotopic (exact) mass is 330 g/mol. The van der Waals surface area contributed by atoms with Gasteiger partial charge >= 0.3 is 6.03 Å². The summed E-state index contributed by atoms with van der Waals surface area (Å²) in [6, 6.07) is 9.79. The van der Waals surface area contributed by atoms with Crippen molar-refractivity contribution in [3.8, 4) is 11.8 Å². The summed E-state index contributed by atoms with van der Waals surface area (Å²) < 4.78 is 5.25. The number of piperazine rings is 1. The lowest BCUT2D eigenvalue weighted by Gasteiger charge is -2.38. The minimum atomic E-state index is -0.314.